The van der Waals surface area contributed by atoms with Gasteiger partial charge in [0.05, 0.1) is 0 Å². The third-order valence-corrected chi connectivity index (χ3v) is 6.67. The van der Waals surface area contributed by atoms with Gasteiger partial charge in [0.2, 0.25) is 0 Å². The molecular formula is C26H29BrN4O2. The van der Waals surface area contributed by atoms with Crippen molar-refractivity contribution in [3.63, 3.8) is 0 Å². The van der Waals surface area contributed by atoms with Gasteiger partial charge in [0.1, 0.15) is 5.82 Å². The Bertz CT molecular complexity index is 1160. The van der Waals surface area contributed by atoms with E-state index >= 15 is 0 Å². The van der Waals surface area contributed by atoms with Crippen LogP contribution in [0.3, 0.4) is 0 Å². The molecule has 172 valence electrons. The molecule has 2 heterocycles. The van der Waals surface area contributed by atoms with Gasteiger partial charge in [0.15, 0.2) is 5.78 Å². The van der Waals surface area contributed by atoms with Crippen molar-refractivity contribution >= 4 is 39.1 Å². The summed E-state index contributed by atoms with van der Waals surface area (Å²) in [4.78, 5) is 33.2. The number of ketones is 1. The molecule has 0 saturated carbocycles. The number of rotatable bonds is 4. The summed E-state index contributed by atoms with van der Waals surface area (Å²) >= 11 is 3.37. The monoisotopic (exact) mass is 508 g/mol. The molecule has 0 unspecified atom stereocenters. The number of nitrogens with one attached hydrogen (secondary N) is 2. The normalized spacial score (nSPS) is 19.7. The van der Waals surface area contributed by atoms with Gasteiger partial charge in [-0.3, -0.25) is 9.59 Å². The highest BCUT2D eigenvalue weighted by atomic mass is 79.9. The minimum atomic E-state index is -0.434. The third kappa shape index (κ3) is 4.74. The average Bonchev–Trinajstić information content (AvgIpc) is 2.73. The Balaban J connectivity index is 1.79. The summed E-state index contributed by atoms with van der Waals surface area (Å²) in [6.07, 6.45) is 2.86. The van der Waals surface area contributed by atoms with Crippen molar-refractivity contribution in [3.05, 3.63) is 75.2 Å². The maximum absolute atomic E-state index is 13.5. The van der Waals surface area contributed by atoms with Crippen LogP contribution in [0.4, 0.5) is 11.5 Å². The second-order valence-electron chi connectivity index (χ2n) is 9.73. The summed E-state index contributed by atoms with van der Waals surface area (Å²) in [6, 6.07) is 11.6. The molecule has 33 heavy (non-hydrogen) atoms. The Kier molecular flexibility index (Phi) is 6.18. The molecule has 2 N–H and O–H groups in total. The highest BCUT2D eigenvalue weighted by molar-refractivity contribution is 9.10. The SMILES string of the molecule is CC1=C(C(=O)Nc2ccc(Br)cn2)[C@H](c2ccc(N(C)C)cc2)C2=C(CC(C)(C)CC2=O)N1. The van der Waals surface area contributed by atoms with Crippen molar-refractivity contribution < 1.29 is 9.59 Å². The molecule has 1 atom stereocenters. The molecule has 1 amide bonds. The summed E-state index contributed by atoms with van der Waals surface area (Å²) in [7, 11) is 3.97. The largest absolute Gasteiger partial charge is 0.378 e. The highest BCUT2D eigenvalue weighted by Crippen LogP contribution is 2.46. The molecule has 0 radical (unpaired) electrons. The number of allylic oxidation sites excluding steroid dienone is 3. The second kappa shape index (κ2) is 8.78. The maximum atomic E-state index is 13.5. The van der Waals surface area contributed by atoms with Crippen LogP contribution in [0.25, 0.3) is 0 Å². The minimum Gasteiger partial charge on any atom is -0.378 e. The summed E-state index contributed by atoms with van der Waals surface area (Å²) < 4.78 is 0.833. The van der Waals surface area contributed by atoms with Crippen LogP contribution in [0, 0.1) is 5.41 Å². The number of aromatic nitrogens is 1. The molecule has 0 spiro atoms. The zero-order chi connectivity index (χ0) is 23.9. The van der Waals surface area contributed by atoms with Gasteiger partial charge in [-0.15, -0.1) is 0 Å². The number of nitrogens with zero attached hydrogens (tertiary/aromatic N) is 2. The molecule has 2 aliphatic rings. The van der Waals surface area contributed by atoms with Gasteiger partial charge in [-0.1, -0.05) is 26.0 Å². The number of anilines is 2. The van der Waals surface area contributed by atoms with Crippen LogP contribution < -0.4 is 15.5 Å². The number of pyridine rings is 1. The first-order chi connectivity index (χ1) is 15.6. The van der Waals surface area contributed by atoms with E-state index < -0.39 is 5.92 Å². The number of carbonyl (C=O) groups is 2. The zero-order valence-corrected chi connectivity index (χ0v) is 21.2. The van der Waals surface area contributed by atoms with Gasteiger partial charge in [0.25, 0.3) is 5.91 Å². The zero-order valence-electron chi connectivity index (χ0n) is 19.6. The maximum Gasteiger partial charge on any atom is 0.255 e. The summed E-state index contributed by atoms with van der Waals surface area (Å²) in [6.45, 7) is 6.12. The Labute approximate surface area is 203 Å². The van der Waals surface area contributed by atoms with Crippen LogP contribution >= 0.6 is 15.9 Å². The van der Waals surface area contributed by atoms with Crippen molar-refractivity contribution in [3.8, 4) is 0 Å². The number of benzene rings is 1. The topological polar surface area (TPSA) is 74.3 Å². The first-order valence-corrected chi connectivity index (χ1v) is 11.8. The summed E-state index contributed by atoms with van der Waals surface area (Å²) in [5.41, 5.74) is 4.79. The number of Topliss-reactive ketones (excluding diaryl/α,β-unsaturated/α-hetero) is 1. The van der Waals surface area contributed by atoms with Crippen LogP contribution in [-0.4, -0.2) is 30.8 Å². The Morgan fingerprint density at radius 1 is 1.15 bits per heavy atom. The van der Waals surface area contributed by atoms with E-state index in [-0.39, 0.29) is 17.1 Å². The van der Waals surface area contributed by atoms with Crippen LogP contribution in [-0.2, 0) is 9.59 Å². The molecule has 2 aromatic rings. The highest BCUT2D eigenvalue weighted by Gasteiger charge is 2.42. The van der Waals surface area contributed by atoms with Crippen molar-refractivity contribution in [1.29, 1.82) is 0 Å². The number of hydrogen-bond acceptors (Lipinski definition) is 5. The molecule has 6 nitrogen and oxygen atoms in total. The van der Waals surface area contributed by atoms with E-state index in [2.05, 4.69) is 45.4 Å². The van der Waals surface area contributed by atoms with E-state index in [0.717, 1.165) is 33.5 Å². The summed E-state index contributed by atoms with van der Waals surface area (Å²) in [5, 5.41) is 6.32. The molecule has 4 rings (SSSR count). The van der Waals surface area contributed by atoms with Crippen LogP contribution in [0.5, 0.6) is 0 Å². The van der Waals surface area contributed by atoms with Gasteiger partial charge in [0, 0.05) is 65.3 Å². The fraction of sp³-hybridized carbons (Fsp3) is 0.346. The fourth-order valence-electron chi connectivity index (χ4n) is 4.67. The molecule has 0 saturated heterocycles. The molecule has 1 aliphatic carbocycles. The van der Waals surface area contributed by atoms with Crippen LogP contribution in [0.2, 0.25) is 0 Å². The van der Waals surface area contributed by atoms with E-state index in [1.807, 2.05) is 56.3 Å². The number of carbonyl (C=O) groups excluding carboxylic acids is 2. The van der Waals surface area contributed by atoms with Gasteiger partial charge >= 0.3 is 0 Å². The van der Waals surface area contributed by atoms with E-state index in [1.54, 1.807) is 12.3 Å². The molecular weight excluding hydrogens is 480 g/mol. The van der Waals surface area contributed by atoms with Crippen LogP contribution in [0.1, 0.15) is 45.1 Å². The number of hydrogen-bond donors (Lipinski definition) is 2. The fourth-order valence-corrected chi connectivity index (χ4v) is 4.90. The molecule has 0 fully saturated rings. The number of amides is 1. The van der Waals surface area contributed by atoms with Gasteiger partial charge in [-0.2, -0.15) is 0 Å². The minimum absolute atomic E-state index is 0.0926. The van der Waals surface area contributed by atoms with E-state index in [9.17, 15) is 9.59 Å². The van der Waals surface area contributed by atoms with E-state index in [0.29, 0.717) is 23.4 Å². The lowest BCUT2D eigenvalue weighted by molar-refractivity contribution is -0.118. The third-order valence-electron chi connectivity index (χ3n) is 6.20. The lowest BCUT2D eigenvalue weighted by atomic mass is 9.68. The Morgan fingerprint density at radius 3 is 2.45 bits per heavy atom. The first-order valence-electron chi connectivity index (χ1n) is 11.0. The predicted molar refractivity (Wildman–Crippen MR) is 135 cm³/mol. The quantitative estimate of drug-likeness (QED) is 0.596. The van der Waals surface area contributed by atoms with Crippen LogP contribution in [0.15, 0.2) is 69.6 Å². The molecule has 7 heteroatoms. The van der Waals surface area contributed by atoms with Crippen molar-refractivity contribution in [2.45, 2.75) is 39.5 Å². The lowest BCUT2D eigenvalue weighted by Crippen LogP contribution is -2.39. The smallest absolute Gasteiger partial charge is 0.255 e. The second-order valence-corrected chi connectivity index (χ2v) is 10.6. The number of halogens is 1. The van der Waals surface area contributed by atoms with Gasteiger partial charge in [-0.05, 0) is 64.5 Å². The van der Waals surface area contributed by atoms with Crippen molar-refractivity contribution in [2.24, 2.45) is 5.41 Å². The van der Waals surface area contributed by atoms with E-state index in [4.69, 9.17) is 0 Å². The Hall–Kier alpha value is -2.93. The van der Waals surface area contributed by atoms with Gasteiger partial charge < -0.3 is 15.5 Å². The molecule has 1 aliphatic heterocycles. The predicted octanol–water partition coefficient (Wildman–Crippen LogP) is 5.15. The molecule has 1 aromatic carbocycles. The van der Waals surface area contributed by atoms with E-state index in [1.165, 1.54) is 0 Å². The van der Waals surface area contributed by atoms with Crippen molar-refractivity contribution in [2.75, 3.05) is 24.3 Å². The average molecular weight is 509 g/mol. The summed E-state index contributed by atoms with van der Waals surface area (Å²) in [5.74, 6) is -0.145. The lowest BCUT2D eigenvalue weighted by Gasteiger charge is -2.39. The van der Waals surface area contributed by atoms with Crippen molar-refractivity contribution in [1.82, 2.24) is 10.3 Å². The molecule has 1 aromatic heterocycles. The number of dihydropyridines is 1. The van der Waals surface area contributed by atoms with Gasteiger partial charge in [-0.25, -0.2) is 4.98 Å². The molecule has 0 bridgehead atoms. The first kappa shape index (κ1) is 23.2. The standard InChI is InChI=1S/C26H29BrN4O2/c1-15-22(25(33)30-21-11-8-17(27)14-28-21)23(16-6-9-18(10-7-16)31(4)5)24-19(29-15)12-26(2,3)13-20(24)32/h6-11,14,23,29H,12-13H2,1-5H3,(H,28,30,33)/t23-/m0/s1. The Morgan fingerprint density at radius 2 is 1.85 bits per heavy atom.